The molecule has 2 amide bonds. The second-order valence-electron chi connectivity index (χ2n) is 7.68. The SMILES string of the molecule is CCOC1CC(N)(C(=O)NC(C)c2ccc3c(c2)CC(=O)N3)C1(C)C. The third-order valence-electron chi connectivity index (χ3n) is 5.84. The number of benzene rings is 1. The summed E-state index contributed by atoms with van der Waals surface area (Å²) in [4.78, 5) is 24.3. The van der Waals surface area contributed by atoms with Crippen LogP contribution in [0.25, 0.3) is 0 Å². The number of nitrogens with two attached hydrogens (primary N) is 1. The summed E-state index contributed by atoms with van der Waals surface area (Å²) in [5.74, 6) is -0.154. The van der Waals surface area contributed by atoms with Crippen molar-refractivity contribution in [1.29, 1.82) is 0 Å². The molecule has 1 saturated carbocycles. The number of ether oxygens (including phenoxy) is 1. The Kier molecular flexibility index (Phi) is 4.37. The molecule has 6 nitrogen and oxygen atoms in total. The standard InChI is InChI=1S/C19H27N3O3/c1-5-25-15-10-19(20,18(15,3)4)17(24)21-11(2)12-6-7-14-13(8-12)9-16(23)22-14/h6-8,11,15H,5,9-10,20H2,1-4H3,(H,21,24)(H,22,23). The number of fused-ring (bicyclic) bond motifs is 1. The van der Waals surface area contributed by atoms with Gasteiger partial charge in [0, 0.05) is 24.1 Å². The molecule has 1 fully saturated rings. The molecule has 0 bridgehead atoms. The molecule has 1 aliphatic heterocycles. The molecule has 3 atom stereocenters. The van der Waals surface area contributed by atoms with Crippen molar-refractivity contribution >= 4 is 17.5 Å². The van der Waals surface area contributed by atoms with Crippen LogP contribution in [0.15, 0.2) is 18.2 Å². The van der Waals surface area contributed by atoms with E-state index < -0.39 is 11.0 Å². The van der Waals surface area contributed by atoms with Crippen LogP contribution in [-0.2, 0) is 20.7 Å². The fourth-order valence-electron chi connectivity index (χ4n) is 3.75. The average Bonchev–Trinajstić information content (AvgIpc) is 2.93. The minimum Gasteiger partial charge on any atom is -0.378 e. The van der Waals surface area contributed by atoms with E-state index in [1.54, 1.807) is 0 Å². The van der Waals surface area contributed by atoms with Crippen LogP contribution in [0.5, 0.6) is 0 Å². The lowest BCUT2D eigenvalue weighted by Gasteiger charge is -2.57. The number of nitrogens with one attached hydrogen (secondary N) is 2. The second-order valence-corrected chi connectivity index (χ2v) is 7.68. The summed E-state index contributed by atoms with van der Waals surface area (Å²) in [6.07, 6.45) is 0.906. The van der Waals surface area contributed by atoms with Gasteiger partial charge in [-0.2, -0.15) is 0 Å². The van der Waals surface area contributed by atoms with E-state index >= 15 is 0 Å². The van der Waals surface area contributed by atoms with Gasteiger partial charge >= 0.3 is 0 Å². The van der Waals surface area contributed by atoms with Crippen molar-refractivity contribution in [3.8, 4) is 0 Å². The highest BCUT2D eigenvalue weighted by molar-refractivity contribution is 5.99. The van der Waals surface area contributed by atoms with Crippen LogP contribution in [-0.4, -0.2) is 30.1 Å². The highest BCUT2D eigenvalue weighted by Gasteiger charge is 2.62. The first-order chi connectivity index (χ1) is 11.7. The third-order valence-corrected chi connectivity index (χ3v) is 5.84. The highest BCUT2D eigenvalue weighted by Crippen LogP contribution is 2.50. The van der Waals surface area contributed by atoms with Gasteiger partial charge in [0.15, 0.2) is 0 Å². The normalized spacial score (nSPS) is 27.9. The molecule has 4 N–H and O–H groups in total. The Labute approximate surface area is 148 Å². The molecule has 136 valence electrons. The molecule has 1 aromatic rings. The Balaban J connectivity index is 1.69. The first-order valence-electron chi connectivity index (χ1n) is 8.83. The van der Waals surface area contributed by atoms with E-state index in [1.165, 1.54) is 0 Å². The molecule has 1 heterocycles. The number of amides is 2. The molecule has 1 aliphatic carbocycles. The van der Waals surface area contributed by atoms with E-state index in [9.17, 15) is 9.59 Å². The summed E-state index contributed by atoms with van der Waals surface area (Å²) in [5.41, 5.74) is 7.86. The van der Waals surface area contributed by atoms with Crippen molar-refractivity contribution in [1.82, 2.24) is 5.32 Å². The van der Waals surface area contributed by atoms with Crippen LogP contribution < -0.4 is 16.4 Å². The zero-order valence-electron chi connectivity index (χ0n) is 15.3. The predicted octanol–water partition coefficient (Wildman–Crippen LogP) is 1.89. The molecule has 0 radical (unpaired) electrons. The largest absolute Gasteiger partial charge is 0.378 e. The first-order valence-corrected chi connectivity index (χ1v) is 8.83. The Hall–Kier alpha value is -1.92. The van der Waals surface area contributed by atoms with E-state index in [4.69, 9.17) is 10.5 Å². The summed E-state index contributed by atoms with van der Waals surface area (Å²) in [5, 5.41) is 5.85. The van der Waals surface area contributed by atoms with Gasteiger partial charge in [-0.3, -0.25) is 9.59 Å². The third kappa shape index (κ3) is 2.83. The molecule has 6 heteroatoms. The first kappa shape index (κ1) is 17.9. The number of hydrogen-bond donors (Lipinski definition) is 3. The molecule has 3 rings (SSSR count). The number of rotatable bonds is 5. The lowest BCUT2D eigenvalue weighted by molar-refractivity contribution is -0.171. The molecule has 0 saturated heterocycles. The minimum atomic E-state index is -0.935. The molecule has 0 spiro atoms. The maximum Gasteiger partial charge on any atom is 0.241 e. The van der Waals surface area contributed by atoms with Crippen molar-refractivity contribution in [3.63, 3.8) is 0 Å². The van der Waals surface area contributed by atoms with Crippen LogP contribution in [0.4, 0.5) is 5.69 Å². The topological polar surface area (TPSA) is 93.4 Å². The molecular weight excluding hydrogens is 318 g/mol. The Morgan fingerprint density at radius 2 is 2.20 bits per heavy atom. The molecule has 3 unspecified atom stereocenters. The monoisotopic (exact) mass is 345 g/mol. The van der Waals surface area contributed by atoms with Crippen LogP contribution in [0.1, 0.15) is 51.3 Å². The zero-order chi connectivity index (χ0) is 18.4. The van der Waals surface area contributed by atoms with Gasteiger partial charge in [0.25, 0.3) is 0 Å². The maximum absolute atomic E-state index is 12.8. The number of anilines is 1. The van der Waals surface area contributed by atoms with Gasteiger partial charge < -0.3 is 21.1 Å². The summed E-state index contributed by atoms with van der Waals surface area (Å²) in [7, 11) is 0. The Morgan fingerprint density at radius 3 is 2.84 bits per heavy atom. The van der Waals surface area contributed by atoms with Crippen molar-refractivity contribution < 1.29 is 14.3 Å². The molecule has 1 aromatic carbocycles. The minimum absolute atomic E-state index is 0.000590. The summed E-state index contributed by atoms with van der Waals surface area (Å²) in [6.45, 7) is 8.45. The van der Waals surface area contributed by atoms with E-state index in [-0.39, 0.29) is 24.0 Å². The Bertz CT molecular complexity index is 716. The molecule has 25 heavy (non-hydrogen) atoms. The van der Waals surface area contributed by atoms with Gasteiger partial charge in [0.05, 0.1) is 18.6 Å². The molecule has 0 aromatic heterocycles. The number of carbonyl (C=O) groups excluding carboxylic acids is 2. The van der Waals surface area contributed by atoms with Crippen LogP contribution >= 0.6 is 0 Å². The van der Waals surface area contributed by atoms with Gasteiger partial charge in [-0.1, -0.05) is 26.0 Å². The smallest absolute Gasteiger partial charge is 0.241 e. The molecular formula is C19H27N3O3. The van der Waals surface area contributed by atoms with Crippen LogP contribution in [0.2, 0.25) is 0 Å². The maximum atomic E-state index is 12.8. The summed E-state index contributed by atoms with van der Waals surface area (Å²) < 4.78 is 5.69. The zero-order valence-corrected chi connectivity index (χ0v) is 15.3. The fourth-order valence-corrected chi connectivity index (χ4v) is 3.75. The van der Waals surface area contributed by atoms with Gasteiger partial charge in [0.1, 0.15) is 5.54 Å². The fraction of sp³-hybridized carbons (Fsp3) is 0.579. The van der Waals surface area contributed by atoms with Crippen molar-refractivity contribution in [2.24, 2.45) is 11.1 Å². The van der Waals surface area contributed by atoms with Crippen LogP contribution in [0.3, 0.4) is 0 Å². The van der Waals surface area contributed by atoms with Crippen LogP contribution in [0, 0.1) is 5.41 Å². The van der Waals surface area contributed by atoms with Crippen molar-refractivity contribution in [2.45, 2.75) is 58.2 Å². The lowest BCUT2D eigenvalue weighted by atomic mass is 9.54. The second kappa shape index (κ2) is 6.11. The summed E-state index contributed by atoms with van der Waals surface area (Å²) >= 11 is 0. The van der Waals surface area contributed by atoms with Gasteiger partial charge in [-0.25, -0.2) is 0 Å². The van der Waals surface area contributed by atoms with Gasteiger partial charge in [-0.05, 0) is 31.0 Å². The van der Waals surface area contributed by atoms with Gasteiger partial charge in [0.2, 0.25) is 11.8 Å². The summed E-state index contributed by atoms with van der Waals surface area (Å²) in [6, 6.07) is 5.59. The number of carbonyl (C=O) groups is 2. The predicted molar refractivity (Wildman–Crippen MR) is 96.1 cm³/mol. The van der Waals surface area contributed by atoms with Crippen molar-refractivity contribution in [2.75, 3.05) is 11.9 Å². The number of hydrogen-bond acceptors (Lipinski definition) is 4. The average molecular weight is 345 g/mol. The van der Waals surface area contributed by atoms with E-state index in [0.29, 0.717) is 19.4 Å². The Morgan fingerprint density at radius 1 is 1.48 bits per heavy atom. The van der Waals surface area contributed by atoms with Gasteiger partial charge in [-0.15, -0.1) is 0 Å². The van der Waals surface area contributed by atoms with E-state index in [2.05, 4.69) is 10.6 Å². The van der Waals surface area contributed by atoms with E-state index in [0.717, 1.165) is 16.8 Å². The van der Waals surface area contributed by atoms with Crippen molar-refractivity contribution in [3.05, 3.63) is 29.3 Å². The lowest BCUT2D eigenvalue weighted by Crippen LogP contribution is -2.75. The quantitative estimate of drug-likeness (QED) is 0.760. The molecule has 2 aliphatic rings. The highest BCUT2D eigenvalue weighted by atomic mass is 16.5. The van der Waals surface area contributed by atoms with E-state index in [1.807, 2.05) is 45.9 Å².